The van der Waals surface area contributed by atoms with Crippen LogP contribution in [-0.2, 0) is 22.3 Å². The highest BCUT2D eigenvalue weighted by Crippen LogP contribution is 2.34. The highest BCUT2D eigenvalue weighted by molar-refractivity contribution is 6.09. The van der Waals surface area contributed by atoms with Gasteiger partial charge in [-0.2, -0.15) is 4.98 Å². The second-order valence-electron chi connectivity index (χ2n) is 8.23. The Morgan fingerprint density at radius 1 is 1.11 bits per heavy atom. The standard InChI is InChI=1S/C21H22N4O3/c1-20(2,3)17-22-16(28-24-17)12-25-18(26)21(4,23-19(25)27)15-11-7-9-13-8-5-6-10-14(13)15/h5-11H,12H2,1-4H3,(H,23,27)/t21-/m0/s1. The van der Waals surface area contributed by atoms with Crippen LogP contribution in [0.3, 0.4) is 0 Å². The maximum atomic E-state index is 13.2. The van der Waals surface area contributed by atoms with Gasteiger partial charge in [-0.1, -0.05) is 68.4 Å². The highest BCUT2D eigenvalue weighted by atomic mass is 16.5. The number of rotatable bonds is 3. The summed E-state index contributed by atoms with van der Waals surface area (Å²) in [4.78, 5) is 31.3. The van der Waals surface area contributed by atoms with Crippen LogP contribution in [0.5, 0.6) is 0 Å². The third-order valence-corrected chi connectivity index (χ3v) is 5.04. The van der Waals surface area contributed by atoms with Crippen molar-refractivity contribution in [2.45, 2.75) is 45.2 Å². The normalized spacial score (nSPS) is 20.1. The molecule has 0 spiro atoms. The van der Waals surface area contributed by atoms with Crippen LogP contribution in [0.1, 0.15) is 45.0 Å². The number of carbonyl (C=O) groups is 2. The molecule has 3 amide bonds. The summed E-state index contributed by atoms with van der Waals surface area (Å²) in [6, 6.07) is 13.1. The van der Waals surface area contributed by atoms with Crippen molar-refractivity contribution in [1.29, 1.82) is 0 Å². The number of hydrogen-bond acceptors (Lipinski definition) is 5. The number of carbonyl (C=O) groups excluding carboxylic acids is 2. The Bertz CT molecular complexity index is 1080. The zero-order chi connectivity index (χ0) is 20.1. The van der Waals surface area contributed by atoms with Crippen molar-refractivity contribution < 1.29 is 14.1 Å². The molecular weight excluding hydrogens is 356 g/mol. The largest absolute Gasteiger partial charge is 0.337 e. The number of imide groups is 1. The second kappa shape index (κ2) is 6.15. The molecule has 0 saturated carbocycles. The Labute approximate surface area is 162 Å². The molecule has 3 aromatic rings. The van der Waals surface area contributed by atoms with Gasteiger partial charge < -0.3 is 9.84 Å². The lowest BCUT2D eigenvalue weighted by atomic mass is 9.88. The Morgan fingerprint density at radius 3 is 2.54 bits per heavy atom. The van der Waals surface area contributed by atoms with Crippen molar-refractivity contribution in [1.82, 2.24) is 20.4 Å². The van der Waals surface area contributed by atoms with Gasteiger partial charge in [-0.25, -0.2) is 4.79 Å². The average molecular weight is 378 g/mol. The maximum Gasteiger partial charge on any atom is 0.325 e. The minimum Gasteiger partial charge on any atom is -0.337 e. The van der Waals surface area contributed by atoms with Crippen molar-refractivity contribution in [3.8, 4) is 0 Å². The maximum absolute atomic E-state index is 13.2. The molecule has 1 aliphatic rings. The monoisotopic (exact) mass is 378 g/mol. The summed E-state index contributed by atoms with van der Waals surface area (Å²) in [5.74, 6) is 0.423. The molecule has 28 heavy (non-hydrogen) atoms. The number of nitrogens with zero attached hydrogens (tertiary/aromatic N) is 3. The molecule has 0 unspecified atom stereocenters. The Morgan fingerprint density at radius 2 is 1.82 bits per heavy atom. The summed E-state index contributed by atoms with van der Waals surface area (Å²) in [6.07, 6.45) is 0. The summed E-state index contributed by atoms with van der Waals surface area (Å²) in [5, 5.41) is 8.74. The van der Waals surface area contributed by atoms with Crippen LogP contribution >= 0.6 is 0 Å². The molecule has 1 saturated heterocycles. The summed E-state index contributed by atoms with van der Waals surface area (Å²) in [6.45, 7) is 7.56. The third kappa shape index (κ3) is 2.83. The van der Waals surface area contributed by atoms with Crippen molar-refractivity contribution >= 4 is 22.7 Å². The van der Waals surface area contributed by atoms with Crippen molar-refractivity contribution in [3.63, 3.8) is 0 Å². The average Bonchev–Trinajstić information content (AvgIpc) is 3.21. The van der Waals surface area contributed by atoms with Gasteiger partial charge >= 0.3 is 6.03 Å². The Balaban J connectivity index is 1.67. The minimum atomic E-state index is -1.16. The first kappa shape index (κ1) is 18.2. The van der Waals surface area contributed by atoms with Gasteiger partial charge in [0.05, 0.1) is 0 Å². The molecule has 1 N–H and O–H groups in total. The Hall–Kier alpha value is -3.22. The van der Waals surface area contributed by atoms with E-state index in [0.29, 0.717) is 5.82 Å². The summed E-state index contributed by atoms with van der Waals surface area (Å²) in [7, 11) is 0. The lowest BCUT2D eigenvalue weighted by Crippen LogP contribution is -2.41. The first-order valence-electron chi connectivity index (χ1n) is 9.15. The van der Waals surface area contributed by atoms with E-state index < -0.39 is 11.6 Å². The van der Waals surface area contributed by atoms with Crippen LogP contribution in [0.4, 0.5) is 4.79 Å². The molecule has 1 fully saturated rings. The van der Waals surface area contributed by atoms with Crippen LogP contribution in [0.25, 0.3) is 10.8 Å². The number of urea groups is 1. The zero-order valence-electron chi connectivity index (χ0n) is 16.3. The van der Waals surface area contributed by atoms with E-state index in [0.717, 1.165) is 21.2 Å². The molecule has 2 aromatic carbocycles. The summed E-state index contributed by atoms with van der Waals surface area (Å²) in [5.41, 5.74) is -0.686. The second-order valence-corrected chi connectivity index (χ2v) is 8.23. The molecule has 7 nitrogen and oxygen atoms in total. The van der Waals surface area contributed by atoms with Gasteiger partial charge in [0.1, 0.15) is 12.1 Å². The van der Waals surface area contributed by atoms with Crippen molar-refractivity contribution in [3.05, 3.63) is 59.7 Å². The minimum absolute atomic E-state index is 0.0614. The lowest BCUT2D eigenvalue weighted by Gasteiger charge is -2.23. The quantitative estimate of drug-likeness (QED) is 0.705. The fraction of sp³-hybridized carbons (Fsp3) is 0.333. The molecular formula is C21H22N4O3. The molecule has 2 heterocycles. The number of fused-ring (bicyclic) bond motifs is 1. The van der Waals surface area contributed by atoms with Gasteiger partial charge in [-0.05, 0) is 23.3 Å². The van der Waals surface area contributed by atoms with E-state index in [4.69, 9.17) is 4.52 Å². The molecule has 4 rings (SSSR count). The number of amides is 3. The van der Waals surface area contributed by atoms with Gasteiger partial charge in [-0.15, -0.1) is 0 Å². The molecule has 1 aromatic heterocycles. The van der Waals surface area contributed by atoms with E-state index in [1.165, 1.54) is 0 Å². The van der Waals surface area contributed by atoms with Crippen LogP contribution in [0, 0.1) is 0 Å². The predicted octanol–water partition coefficient (Wildman–Crippen LogP) is 3.49. The van der Waals surface area contributed by atoms with E-state index in [9.17, 15) is 9.59 Å². The van der Waals surface area contributed by atoms with Crippen LogP contribution in [-0.4, -0.2) is 27.0 Å². The third-order valence-electron chi connectivity index (χ3n) is 5.04. The van der Waals surface area contributed by atoms with Gasteiger partial charge in [0.25, 0.3) is 5.91 Å². The van der Waals surface area contributed by atoms with Crippen LogP contribution in [0.2, 0.25) is 0 Å². The molecule has 1 atom stereocenters. The molecule has 0 bridgehead atoms. The molecule has 1 aliphatic heterocycles. The van der Waals surface area contributed by atoms with Crippen molar-refractivity contribution in [2.75, 3.05) is 0 Å². The number of benzene rings is 2. The first-order chi connectivity index (χ1) is 13.2. The number of aromatic nitrogens is 2. The van der Waals surface area contributed by atoms with Gasteiger partial charge in [0.2, 0.25) is 5.89 Å². The lowest BCUT2D eigenvalue weighted by molar-refractivity contribution is -0.131. The van der Waals surface area contributed by atoms with E-state index in [1.807, 2.05) is 63.2 Å². The van der Waals surface area contributed by atoms with Crippen LogP contribution < -0.4 is 5.32 Å². The fourth-order valence-electron chi connectivity index (χ4n) is 3.44. The Kier molecular flexibility index (Phi) is 3.99. The van der Waals surface area contributed by atoms with Gasteiger partial charge in [-0.3, -0.25) is 9.69 Å². The topological polar surface area (TPSA) is 88.3 Å². The number of hydrogen-bond donors (Lipinski definition) is 1. The highest BCUT2D eigenvalue weighted by Gasteiger charge is 2.50. The SMILES string of the molecule is CC(C)(C)c1noc(CN2C(=O)N[C@@](C)(c3cccc4ccccc34)C2=O)n1. The molecule has 7 heteroatoms. The first-order valence-corrected chi connectivity index (χ1v) is 9.15. The zero-order valence-corrected chi connectivity index (χ0v) is 16.3. The van der Waals surface area contributed by atoms with Gasteiger partial charge in [0, 0.05) is 5.41 Å². The summed E-state index contributed by atoms with van der Waals surface area (Å²) >= 11 is 0. The van der Waals surface area contributed by atoms with E-state index in [1.54, 1.807) is 6.92 Å². The summed E-state index contributed by atoms with van der Waals surface area (Å²) < 4.78 is 5.26. The molecule has 0 aliphatic carbocycles. The molecule has 144 valence electrons. The molecule has 0 radical (unpaired) electrons. The smallest absolute Gasteiger partial charge is 0.325 e. The van der Waals surface area contributed by atoms with E-state index in [2.05, 4.69) is 15.5 Å². The predicted molar refractivity (Wildman–Crippen MR) is 103 cm³/mol. The van der Waals surface area contributed by atoms with E-state index in [-0.39, 0.29) is 23.8 Å². The number of nitrogens with one attached hydrogen (secondary N) is 1. The van der Waals surface area contributed by atoms with Crippen molar-refractivity contribution in [2.24, 2.45) is 0 Å². The van der Waals surface area contributed by atoms with E-state index >= 15 is 0 Å². The fourth-order valence-corrected chi connectivity index (χ4v) is 3.44. The van der Waals surface area contributed by atoms with Crippen LogP contribution in [0.15, 0.2) is 47.0 Å². The van der Waals surface area contributed by atoms with Gasteiger partial charge in [0.15, 0.2) is 5.82 Å².